The Labute approximate surface area is 86.0 Å². The van der Waals surface area contributed by atoms with Crippen molar-refractivity contribution in [3.05, 3.63) is 36.8 Å². The van der Waals surface area contributed by atoms with Gasteiger partial charge in [-0.1, -0.05) is 0 Å². The predicted octanol–water partition coefficient (Wildman–Crippen LogP) is 0.924. The van der Waals surface area contributed by atoms with Crippen LogP contribution in [0.15, 0.2) is 30.9 Å². The molecular formula is C9H10FN5. The molecule has 0 bridgehead atoms. The van der Waals surface area contributed by atoms with Crippen LogP contribution in [0.2, 0.25) is 0 Å². The van der Waals surface area contributed by atoms with E-state index < -0.39 is 5.95 Å². The molecule has 0 spiro atoms. The van der Waals surface area contributed by atoms with Crippen LogP contribution in [-0.4, -0.2) is 26.3 Å². The highest BCUT2D eigenvalue weighted by Crippen LogP contribution is 2.01. The molecule has 15 heavy (non-hydrogen) atoms. The van der Waals surface area contributed by atoms with E-state index in [9.17, 15) is 4.39 Å². The second-order valence-corrected chi connectivity index (χ2v) is 2.92. The molecule has 0 atom stereocenters. The van der Waals surface area contributed by atoms with Crippen molar-refractivity contribution in [1.29, 1.82) is 0 Å². The molecule has 0 saturated heterocycles. The van der Waals surface area contributed by atoms with Crippen molar-refractivity contribution in [2.45, 2.75) is 6.54 Å². The van der Waals surface area contributed by atoms with Crippen LogP contribution < -0.4 is 5.32 Å². The fourth-order valence-electron chi connectivity index (χ4n) is 1.16. The molecule has 0 amide bonds. The molecule has 0 aliphatic carbocycles. The van der Waals surface area contributed by atoms with Crippen LogP contribution >= 0.6 is 0 Å². The third-order valence-corrected chi connectivity index (χ3v) is 1.84. The summed E-state index contributed by atoms with van der Waals surface area (Å²) >= 11 is 0. The van der Waals surface area contributed by atoms with Crippen molar-refractivity contribution in [2.24, 2.45) is 0 Å². The lowest BCUT2D eigenvalue weighted by Crippen LogP contribution is -2.11. The first-order chi connectivity index (χ1) is 7.34. The SMILES string of the molecule is Fc1cc(NCCn2cccn2)ncn1. The van der Waals surface area contributed by atoms with Gasteiger partial charge in [0, 0.05) is 25.0 Å². The molecule has 6 heteroatoms. The summed E-state index contributed by atoms with van der Waals surface area (Å²) in [5.41, 5.74) is 0. The number of anilines is 1. The lowest BCUT2D eigenvalue weighted by atomic mass is 10.5. The van der Waals surface area contributed by atoms with E-state index in [0.29, 0.717) is 18.9 Å². The smallest absolute Gasteiger partial charge is 0.217 e. The molecule has 2 aromatic heterocycles. The minimum Gasteiger partial charge on any atom is -0.368 e. The number of rotatable bonds is 4. The largest absolute Gasteiger partial charge is 0.368 e. The second kappa shape index (κ2) is 4.50. The Morgan fingerprint density at radius 1 is 1.40 bits per heavy atom. The quantitative estimate of drug-likeness (QED) is 0.757. The molecule has 0 aliphatic heterocycles. The van der Waals surface area contributed by atoms with Crippen LogP contribution in [0.25, 0.3) is 0 Å². The fourth-order valence-corrected chi connectivity index (χ4v) is 1.16. The molecule has 5 nitrogen and oxygen atoms in total. The van der Waals surface area contributed by atoms with Gasteiger partial charge < -0.3 is 5.32 Å². The van der Waals surface area contributed by atoms with Crippen molar-refractivity contribution >= 4 is 5.82 Å². The molecule has 0 saturated carbocycles. The molecule has 0 radical (unpaired) electrons. The lowest BCUT2D eigenvalue weighted by Gasteiger charge is -2.04. The summed E-state index contributed by atoms with van der Waals surface area (Å²) in [4.78, 5) is 7.23. The van der Waals surface area contributed by atoms with Gasteiger partial charge in [-0.05, 0) is 6.07 Å². The van der Waals surface area contributed by atoms with Crippen LogP contribution in [0.4, 0.5) is 10.2 Å². The monoisotopic (exact) mass is 207 g/mol. The maximum atomic E-state index is 12.7. The van der Waals surface area contributed by atoms with Crippen molar-refractivity contribution < 1.29 is 4.39 Å². The topological polar surface area (TPSA) is 55.6 Å². The van der Waals surface area contributed by atoms with Gasteiger partial charge in [-0.15, -0.1) is 0 Å². The third kappa shape index (κ3) is 2.73. The average molecular weight is 207 g/mol. The molecule has 78 valence electrons. The van der Waals surface area contributed by atoms with E-state index in [2.05, 4.69) is 20.4 Å². The minimum absolute atomic E-state index is 0.481. The standard InChI is InChI=1S/C9H10FN5/c10-8-6-9(13-7-12-8)11-3-5-15-4-1-2-14-15/h1-2,4,6-7H,3,5H2,(H,11,12,13). The van der Waals surface area contributed by atoms with Gasteiger partial charge in [-0.3, -0.25) is 4.68 Å². The molecule has 0 fully saturated rings. The first kappa shape index (κ1) is 9.57. The van der Waals surface area contributed by atoms with Crippen LogP contribution in [0.5, 0.6) is 0 Å². The molecule has 0 aliphatic rings. The highest BCUT2D eigenvalue weighted by Gasteiger charge is 1.96. The number of nitrogens with zero attached hydrogens (tertiary/aromatic N) is 4. The summed E-state index contributed by atoms with van der Waals surface area (Å²) in [5.74, 6) is -0.0544. The molecule has 1 N–H and O–H groups in total. The Morgan fingerprint density at radius 2 is 2.33 bits per heavy atom. The van der Waals surface area contributed by atoms with E-state index in [1.807, 2.05) is 12.3 Å². The zero-order valence-electron chi connectivity index (χ0n) is 7.97. The second-order valence-electron chi connectivity index (χ2n) is 2.92. The number of nitrogens with one attached hydrogen (secondary N) is 1. The van der Waals surface area contributed by atoms with Gasteiger partial charge >= 0.3 is 0 Å². The van der Waals surface area contributed by atoms with Crippen LogP contribution in [-0.2, 0) is 6.54 Å². The third-order valence-electron chi connectivity index (χ3n) is 1.84. The van der Waals surface area contributed by atoms with E-state index in [-0.39, 0.29) is 0 Å². The maximum absolute atomic E-state index is 12.7. The zero-order valence-corrected chi connectivity index (χ0v) is 7.97. The summed E-state index contributed by atoms with van der Waals surface area (Å²) in [6.45, 7) is 1.34. The van der Waals surface area contributed by atoms with Gasteiger partial charge in [0.15, 0.2) is 0 Å². The summed E-state index contributed by atoms with van der Waals surface area (Å²) in [6, 6.07) is 3.10. The highest BCUT2D eigenvalue weighted by atomic mass is 19.1. The van der Waals surface area contributed by atoms with E-state index in [1.165, 1.54) is 12.4 Å². The normalized spacial score (nSPS) is 10.2. The number of hydrogen-bond donors (Lipinski definition) is 1. The molecule has 0 aromatic carbocycles. The van der Waals surface area contributed by atoms with Crippen LogP contribution in [0.1, 0.15) is 0 Å². The summed E-state index contributed by atoms with van der Waals surface area (Å²) < 4.78 is 14.4. The first-order valence-corrected chi connectivity index (χ1v) is 4.53. The van der Waals surface area contributed by atoms with Crippen LogP contribution in [0, 0.1) is 5.95 Å². The Morgan fingerprint density at radius 3 is 3.07 bits per heavy atom. The predicted molar refractivity (Wildman–Crippen MR) is 52.7 cm³/mol. The Kier molecular flexibility index (Phi) is 2.87. The van der Waals surface area contributed by atoms with Gasteiger partial charge in [0.25, 0.3) is 0 Å². The lowest BCUT2D eigenvalue weighted by molar-refractivity contribution is 0.579. The summed E-state index contributed by atoms with van der Waals surface area (Å²) in [6.07, 6.45) is 4.76. The summed E-state index contributed by atoms with van der Waals surface area (Å²) in [7, 11) is 0. The maximum Gasteiger partial charge on any atom is 0.217 e. The summed E-state index contributed by atoms with van der Waals surface area (Å²) in [5, 5.41) is 7.01. The number of aromatic nitrogens is 4. The van der Waals surface area contributed by atoms with Gasteiger partial charge in [0.05, 0.1) is 6.54 Å². The minimum atomic E-state index is -0.536. The van der Waals surface area contributed by atoms with Crippen molar-refractivity contribution in [1.82, 2.24) is 19.7 Å². The van der Waals surface area contributed by atoms with Crippen LogP contribution in [0.3, 0.4) is 0 Å². The van der Waals surface area contributed by atoms with E-state index >= 15 is 0 Å². The number of hydrogen-bond acceptors (Lipinski definition) is 4. The molecule has 2 heterocycles. The van der Waals surface area contributed by atoms with E-state index in [1.54, 1.807) is 10.9 Å². The first-order valence-electron chi connectivity index (χ1n) is 4.53. The molecule has 2 aromatic rings. The average Bonchev–Trinajstić information content (AvgIpc) is 2.71. The molecule has 2 rings (SSSR count). The van der Waals surface area contributed by atoms with Crippen molar-refractivity contribution in [3.8, 4) is 0 Å². The van der Waals surface area contributed by atoms with Gasteiger partial charge in [0.2, 0.25) is 5.95 Å². The van der Waals surface area contributed by atoms with Gasteiger partial charge in [-0.2, -0.15) is 9.49 Å². The fraction of sp³-hybridized carbons (Fsp3) is 0.222. The van der Waals surface area contributed by atoms with Gasteiger partial charge in [0.1, 0.15) is 12.1 Å². The van der Waals surface area contributed by atoms with E-state index in [0.717, 1.165) is 0 Å². The Balaban J connectivity index is 1.83. The molecule has 0 unspecified atom stereocenters. The Hall–Kier alpha value is -1.98. The van der Waals surface area contributed by atoms with E-state index in [4.69, 9.17) is 0 Å². The molecular weight excluding hydrogens is 197 g/mol. The highest BCUT2D eigenvalue weighted by molar-refractivity contribution is 5.31. The van der Waals surface area contributed by atoms with Crippen molar-refractivity contribution in [2.75, 3.05) is 11.9 Å². The Bertz CT molecular complexity index is 414. The van der Waals surface area contributed by atoms with Crippen molar-refractivity contribution in [3.63, 3.8) is 0 Å². The number of halogens is 1. The van der Waals surface area contributed by atoms with Gasteiger partial charge in [-0.25, -0.2) is 9.97 Å². The zero-order chi connectivity index (χ0) is 10.5.